The van der Waals surface area contributed by atoms with Crippen LogP contribution in [0.2, 0.25) is 0 Å². The second-order valence-corrected chi connectivity index (χ2v) is 4.87. The molecular weight excluding hydrogens is 296 g/mol. The molecule has 0 atom stereocenters. The molecule has 24 heavy (non-hydrogen) atoms. The first-order chi connectivity index (χ1) is 11.7. The molecule has 126 valence electrons. The van der Waals surface area contributed by atoms with Crippen LogP contribution in [0, 0.1) is 0 Å². The minimum absolute atomic E-state index is 0.765. The van der Waals surface area contributed by atoms with Gasteiger partial charge in [0, 0.05) is 0 Å². The number of allylic oxidation sites excluding steroid dienone is 10. The first-order valence-electron chi connectivity index (χ1n) is 8.10. The molecule has 0 saturated carbocycles. The Bertz CT molecular complexity index is 595. The summed E-state index contributed by atoms with van der Waals surface area (Å²) in [6.45, 7) is 7.87. The van der Waals surface area contributed by atoms with Gasteiger partial charge in [0.15, 0.2) is 0 Å². The van der Waals surface area contributed by atoms with E-state index in [0.29, 0.717) is 0 Å². The Hall–Kier alpha value is -2.74. The van der Waals surface area contributed by atoms with Gasteiger partial charge in [-0.05, 0) is 76.3 Å². The molecule has 0 amide bonds. The third-order valence-corrected chi connectivity index (χ3v) is 2.86. The molecule has 0 bridgehead atoms. The fraction of sp³-hybridized carbons (Fsp3) is 0.182. The molecule has 0 heterocycles. The lowest BCUT2D eigenvalue weighted by Gasteiger charge is -2.09. The summed E-state index contributed by atoms with van der Waals surface area (Å²) in [7, 11) is 0. The molecule has 1 aromatic carbocycles. The van der Waals surface area contributed by atoms with Gasteiger partial charge in [-0.2, -0.15) is 0 Å². The van der Waals surface area contributed by atoms with Gasteiger partial charge in [0.05, 0.1) is 0 Å². The lowest BCUT2D eigenvalue weighted by molar-refractivity contribution is 0.432. The van der Waals surface area contributed by atoms with Crippen LogP contribution < -0.4 is 9.47 Å². The van der Waals surface area contributed by atoms with Crippen molar-refractivity contribution in [1.82, 2.24) is 0 Å². The van der Waals surface area contributed by atoms with Gasteiger partial charge in [0.1, 0.15) is 23.0 Å². The minimum atomic E-state index is 0.765. The Balaban J connectivity index is 2.84. The van der Waals surface area contributed by atoms with Crippen molar-refractivity contribution in [3.8, 4) is 11.5 Å². The normalized spacial score (nSPS) is 13.7. The monoisotopic (exact) mass is 322 g/mol. The van der Waals surface area contributed by atoms with Crippen LogP contribution >= 0.6 is 0 Å². The average Bonchev–Trinajstić information content (AvgIpc) is 2.59. The Morgan fingerprint density at radius 3 is 1.29 bits per heavy atom. The zero-order valence-electron chi connectivity index (χ0n) is 14.9. The van der Waals surface area contributed by atoms with Gasteiger partial charge in [0.2, 0.25) is 0 Å². The van der Waals surface area contributed by atoms with Crippen molar-refractivity contribution in [2.45, 2.75) is 27.7 Å². The molecule has 0 saturated heterocycles. The molecule has 0 fully saturated rings. The van der Waals surface area contributed by atoms with Crippen molar-refractivity contribution in [1.29, 1.82) is 0 Å². The zero-order valence-corrected chi connectivity index (χ0v) is 14.9. The highest BCUT2D eigenvalue weighted by atomic mass is 16.5. The third-order valence-electron chi connectivity index (χ3n) is 2.86. The second-order valence-electron chi connectivity index (χ2n) is 4.87. The summed E-state index contributed by atoms with van der Waals surface area (Å²) in [5.74, 6) is 3.10. The number of rotatable bonds is 8. The molecule has 0 radical (unpaired) electrons. The van der Waals surface area contributed by atoms with Crippen LogP contribution in [0.15, 0.2) is 96.5 Å². The number of ether oxygens (including phenoxy) is 2. The Morgan fingerprint density at radius 2 is 1.00 bits per heavy atom. The van der Waals surface area contributed by atoms with Crippen LogP contribution in [-0.2, 0) is 0 Å². The highest BCUT2D eigenvalue weighted by Gasteiger charge is 2.00. The van der Waals surface area contributed by atoms with Gasteiger partial charge < -0.3 is 9.47 Å². The average molecular weight is 322 g/mol. The molecular formula is C22H26O2. The molecule has 2 heteroatoms. The van der Waals surface area contributed by atoms with Crippen LogP contribution in [0.1, 0.15) is 27.7 Å². The van der Waals surface area contributed by atoms with Gasteiger partial charge in [-0.25, -0.2) is 0 Å². The summed E-state index contributed by atoms with van der Waals surface area (Å²) >= 11 is 0. The summed E-state index contributed by atoms with van der Waals surface area (Å²) in [5, 5.41) is 0. The van der Waals surface area contributed by atoms with Crippen molar-refractivity contribution < 1.29 is 9.47 Å². The van der Waals surface area contributed by atoms with Crippen molar-refractivity contribution in [2.24, 2.45) is 0 Å². The first kappa shape index (κ1) is 19.3. The maximum Gasteiger partial charge on any atom is 0.127 e. The Kier molecular flexibility index (Phi) is 9.48. The summed E-state index contributed by atoms with van der Waals surface area (Å²) < 4.78 is 11.7. The van der Waals surface area contributed by atoms with E-state index in [2.05, 4.69) is 0 Å². The minimum Gasteiger partial charge on any atom is -0.457 e. The predicted molar refractivity (Wildman–Crippen MR) is 103 cm³/mol. The SMILES string of the molecule is C\C=C/C=C(\C=C/C)Oc1ccc(OC(/C=C\C)=C/C=C\C)cc1. The number of hydrogen-bond donors (Lipinski definition) is 0. The third kappa shape index (κ3) is 7.50. The van der Waals surface area contributed by atoms with E-state index < -0.39 is 0 Å². The van der Waals surface area contributed by atoms with Crippen LogP contribution in [-0.4, -0.2) is 0 Å². The maximum absolute atomic E-state index is 5.86. The van der Waals surface area contributed by atoms with Gasteiger partial charge in [-0.15, -0.1) is 0 Å². The smallest absolute Gasteiger partial charge is 0.127 e. The molecule has 2 nitrogen and oxygen atoms in total. The van der Waals surface area contributed by atoms with Crippen molar-refractivity contribution in [3.63, 3.8) is 0 Å². The molecule has 1 aromatic rings. The van der Waals surface area contributed by atoms with E-state index in [4.69, 9.17) is 9.47 Å². The van der Waals surface area contributed by atoms with Crippen molar-refractivity contribution in [2.75, 3.05) is 0 Å². The van der Waals surface area contributed by atoms with Gasteiger partial charge >= 0.3 is 0 Å². The van der Waals surface area contributed by atoms with Crippen LogP contribution in [0.5, 0.6) is 11.5 Å². The highest BCUT2D eigenvalue weighted by molar-refractivity contribution is 5.36. The van der Waals surface area contributed by atoms with E-state index >= 15 is 0 Å². The summed E-state index contributed by atoms with van der Waals surface area (Å²) in [6.07, 6.45) is 19.4. The topological polar surface area (TPSA) is 18.5 Å². The molecule has 0 unspecified atom stereocenters. The Morgan fingerprint density at radius 1 is 0.625 bits per heavy atom. The quantitative estimate of drug-likeness (QED) is 0.401. The fourth-order valence-corrected chi connectivity index (χ4v) is 1.81. The maximum atomic E-state index is 5.86. The first-order valence-corrected chi connectivity index (χ1v) is 8.10. The number of benzene rings is 1. The van der Waals surface area contributed by atoms with Crippen LogP contribution in [0.4, 0.5) is 0 Å². The van der Waals surface area contributed by atoms with Gasteiger partial charge in [-0.3, -0.25) is 0 Å². The van der Waals surface area contributed by atoms with Gasteiger partial charge in [0.25, 0.3) is 0 Å². The van der Waals surface area contributed by atoms with E-state index in [1.165, 1.54) is 0 Å². The lowest BCUT2D eigenvalue weighted by Crippen LogP contribution is -1.94. The summed E-state index contributed by atoms with van der Waals surface area (Å²) in [6, 6.07) is 7.58. The molecule has 0 aliphatic rings. The van der Waals surface area contributed by atoms with E-state index in [-0.39, 0.29) is 0 Å². The van der Waals surface area contributed by atoms with E-state index in [1.54, 1.807) is 0 Å². The molecule has 0 aliphatic carbocycles. The van der Waals surface area contributed by atoms with Crippen LogP contribution in [0.3, 0.4) is 0 Å². The molecule has 0 aliphatic heterocycles. The fourth-order valence-electron chi connectivity index (χ4n) is 1.81. The van der Waals surface area contributed by atoms with E-state index in [0.717, 1.165) is 23.0 Å². The largest absolute Gasteiger partial charge is 0.457 e. The molecule has 0 N–H and O–H groups in total. The van der Waals surface area contributed by atoms with Gasteiger partial charge in [-0.1, -0.05) is 36.5 Å². The molecule has 0 aromatic heterocycles. The molecule has 0 spiro atoms. The standard InChI is InChI=1S/C22H26O2/c1-5-9-13-19(11-7-3)23-21-15-17-22(18-16-21)24-20(12-8-4)14-10-6-2/h5-18H,1-4H3/b9-5-,10-6-,11-7-,12-8-,19-13+,20-14+. The van der Waals surface area contributed by atoms with E-state index in [9.17, 15) is 0 Å². The zero-order chi connectivity index (χ0) is 17.6. The van der Waals surface area contributed by atoms with E-state index in [1.807, 2.05) is 113 Å². The van der Waals surface area contributed by atoms with Crippen LogP contribution in [0.25, 0.3) is 0 Å². The summed E-state index contributed by atoms with van der Waals surface area (Å²) in [5.41, 5.74) is 0. The van der Waals surface area contributed by atoms with Crippen molar-refractivity contribution >= 4 is 0 Å². The molecule has 1 rings (SSSR count). The predicted octanol–water partition coefficient (Wildman–Crippen LogP) is 6.52. The number of hydrogen-bond acceptors (Lipinski definition) is 2. The Labute approximate surface area is 145 Å². The lowest BCUT2D eigenvalue weighted by atomic mass is 10.3. The second kappa shape index (κ2) is 11.8. The highest BCUT2D eigenvalue weighted by Crippen LogP contribution is 2.22. The summed E-state index contributed by atoms with van der Waals surface area (Å²) in [4.78, 5) is 0. The van der Waals surface area contributed by atoms with Crippen molar-refractivity contribution in [3.05, 3.63) is 96.5 Å².